The second-order valence-electron chi connectivity index (χ2n) is 11.3. The minimum absolute atomic E-state index is 0.210. The van der Waals surface area contributed by atoms with E-state index in [9.17, 15) is 19.2 Å². The van der Waals surface area contributed by atoms with Crippen molar-refractivity contribution in [3.63, 3.8) is 0 Å². The summed E-state index contributed by atoms with van der Waals surface area (Å²) in [4.78, 5) is 54.9. The van der Waals surface area contributed by atoms with Gasteiger partial charge in [0, 0.05) is 56.4 Å². The Kier molecular flexibility index (Phi) is 6.83. The number of anilines is 2. The van der Waals surface area contributed by atoms with Crippen molar-refractivity contribution in [2.45, 2.75) is 59.2 Å². The molecule has 200 valence electrons. The third-order valence-corrected chi connectivity index (χ3v) is 5.99. The molecule has 1 aromatic carbocycles. The number of aromatic nitrogens is 1. The van der Waals surface area contributed by atoms with Crippen LogP contribution in [-0.2, 0) is 14.3 Å². The molecule has 2 fully saturated rings. The topological polar surface area (TPSA) is 113 Å². The number of urea groups is 1. The maximum Gasteiger partial charge on any atom is 0.419 e. The van der Waals surface area contributed by atoms with Gasteiger partial charge in [-0.05, 0) is 59.7 Å². The summed E-state index contributed by atoms with van der Waals surface area (Å²) in [6, 6.07) is 4.90. The summed E-state index contributed by atoms with van der Waals surface area (Å²) in [6.45, 7) is 13.2. The zero-order chi connectivity index (χ0) is 27.1. The first kappa shape index (κ1) is 26.3. The number of carbonyl (C=O) groups is 4. The molecule has 2 aromatic rings. The van der Waals surface area contributed by atoms with E-state index in [4.69, 9.17) is 9.47 Å². The number of imide groups is 1. The first-order valence-corrected chi connectivity index (χ1v) is 12.4. The van der Waals surface area contributed by atoms with Crippen molar-refractivity contribution in [2.24, 2.45) is 0 Å². The minimum Gasteiger partial charge on any atom is -0.444 e. The van der Waals surface area contributed by atoms with Gasteiger partial charge in [-0.3, -0.25) is 19.6 Å². The lowest BCUT2D eigenvalue weighted by Crippen LogP contribution is -2.50. The number of benzene rings is 1. The van der Waals surface area contributed by atoms with Crippen molar-refractivity contribution in [3.05, 3.63) is 24.4 Å². The van der Waals surface area contributed by atoms with Crippen LogP contribution in [0.5, 0.6) is 0 Å². The number of fused-ring (bicyclic) bond motifs is 1. The van der Waals surface area contributed by atoms with E-state index in [-0.39, 0.29) is 25.0 Å². The quantitative estimate of drug-likeness (QED) is 0.647. The molecule has 0 saturated carbocycles. The van der Waals surface area contributed by atoms with Gasteiger partial charge in [-0.15, -0.1) is 0 Å². The summed E-state index contributed by atoms with van der Waals surface area (Å²) in [5, 5.41) is 3.11. The van der Waals surface area contributed by atoms with Gasteiger partial charge in [0.25, 0.3) is 0 Å². The molecule has 0 radical (unpaired) electrons. The molecule has 0 bridgehead atoms. The van der Waals surface area contributed by atoms with Crippen LogP contribution in [0.15, 0.2) is 24.4 Å². The molecule has 0 atom stereocenters. The van der Waals surface area contributed by atoms with Gasteiger partial charge in [0.2, 0.25) is 5.91 Å². The van der Waals surface area contributed by atoms with Crippen LogP contribution in [0.4, 0.5) is 25.8 Å². The lowest BCUT2D eigenvalue weighted by Gasteiger charge is -2.36. The molecular weight excluding hydrogens is 478 g/mol. The SMILES string of the molecule is CC(C)(C)OC(=O)N1CCN(c2cn(C(=O)OC(C)(C)C)c3ccc(N4CCC(=O)NC4=O)cc23)CC1. The van der Waals surface area contributed by atoms with E-state index in [1.54, 1.807) is 23.2 Å². The van der Waals surface area contributed by atoms with Crippen molar-refractivity contribution in [2.75, 3.05) is 42.5 Å². The molecule has 2 aliphatic rings. The highest BCUT2D eigenvalue weighted by molar-refractivity contribution is 6.07. The molecule has 0 spiro atoms. The molecule has 4 amide bonds. The van der Waals surface area contributed by atoms with Gasteiger partial charge >= 0.3 is 18.2 Å². The lowest BCUT2D eigenvalue weighted by atomic mass is 10.1. The fourth-order valence-electron chi connectivity index (χ4n) is 4.35. The van der Waals surface area contributed by atoms with Crippen molar-refractivity contribution in [3.8, 4) is 0 Å². The van der Waals surface area contributed by atoms with E-state index in [2.05, 4.69) is 10.2 Å². The third-order valence-electron chi connectivity index (χ3n) is 5.99. The molecule has 0 aliphatic carbocycles. The first-order valence-electron chi connectivity index (χ1n) is 12.4. The van der Waals surface area contributed by atoms with E-state index in [0.717, 1.165) is 11.1 Å². The van der Waals surface area contributed by atoms with Crippen LogP contribution in [0, 0.1) is 0 Å². The van der Waals surface area contributed by atoms with Gasteiger partial charge in [0.15, 0.2) is 0 Å². The number of nitrogens with one attached hydrogen (secondary N) is 1. The third kappa shape index (κ3) is 5.98. The maximum absolute atomic E-state index is 13.1. The molecule has 1 aromatic heterocycles. The van der Waals surface area contributed by atoms with Crippen molar-refractivity contribution in [1.29, 1.82) is 0 Å². The molecule has 4 rings (SSSR count). The Balaban J connectivity index is 1.66. The van der Waals surface area contributed by atoms with Gasteiger partial charge in [-0.25, -0.2) is 14.4 Å². The zero-order valence-corrected chi connectivity index (χ0v) is 22.3. The Labute approximate surface area is 216 Å². The first-order chi connectivity index (χ1) is 17.2. The molecular formula is C26H35N5O6. The number of nitrogens with zero attached hydrogens (tertiary/aromatic N) is 4. The monoisotopic (exact) mass is 513 g/mol. The highest BCUT2D eigenvalue weighted by atomic mass is 16.6. The molecule has 11 heteroatoms. The number of piperazine rings is 1. The highest BCUT2D eigenvalue weighted by Gasteiger charge is 2.30. The van der Waals surface area contributed by atoms with Crippen LogP contribution >= 0.6 is 0 Å². The van der Waals surface area contributed by atoms with E-state index in [1.807, 2.05) is 47.6 Å². The number of hydrogen-bond donors (Lipinski definition) is 1. The maximum atomic E-state index is 13.1. The van der Waals surface area contributed by atoms with Crippen LogP contribution in [-0.4, -0.2) is 77.5 Å². The second kappa shape index (κ2) is 9.60. The van der Waals surface area contributed by atoms with Gasteiger partial charge in [0.05, 0.1) is 11.2 Å². The molecule has 37 heavy (non-hydrogen) atoms. The summed E-state index contributed by atoms with van der Waals surface area (Å²) in [5.41, 5.74) is 0.798. The number of hydrogen-bond acceptors (Lipinski definition) is 7. The van der Waals surface area contributed by atoms with E-state index < -0.39 is 23.3 Å². The van der Waals surface area contributed by atoms with Crippen LogP contribution < -0.4 is 15.1 Å². The van der Waals surface area contributed by atoms with E-state index in [0.29, 0.717) is 37.4 Å². The molecule has 0 unspecified atom stereocenters. The molecule has 1 N–H and O–H groups in total. The van der Waals surface area contributed by atoms with Crippen LogP contribution in [0.25, 0.3) is 10.9 Å². The lowest BCUT2D eigenvalue weighted by molar-refractivity contribution is -0.120. The fraction of sp³-hybridized carbons (Fsp3) is 0.538. The van der Waals surface area contributed by atoms with Crippen molar-refractivity contribution < 1.29 is 28.7 Å². The van der Waals surface area contributed by atoms with Crippen LogP contribution in [0.2, 0.25) is 0 Å². The molecule has 3 heterocycles. The summed E-state index contributed by atoms with van der Waals surface area (Å²) < 4.78 is 12.6. The van der Waals surface area contributed by atoms with Crippen LogP contribution in [0.1, 0.15) is 48.0 Å². The second-order valence-corrected chi connectivity index (χ2v) is 11.3. The summed E-state index contributed by atoms with van der Waals surface area (Å²) >= 11 is 0. The Morgan fingerprint density at radius 1 is 0.865 bits per heavy atom. The smallest absolute Gasteiger partial charge is 0.419 e. The van der Waals surface area contributed by atoms with Gasteiger partial charge in [-0.2, -0.15) is 0 Å². The Morgan fingerprint density at radius 2 is 1.49 bits per heavy atom. The van der Waals surface area contributed by atoms with E-state index in [1.165, 1.54) is 9.47 Å². The minimum atomic E-state index is -0.675. The standard InChI is InChI=1S/C26H35N5O6/c1-25(2,3)36-23(34)29-13-11-28(12-14-29)20-16-31(24(35)37-26(4,5)6)19-8-7-17(15-18(19)20)30-10-9-21(32)27-22(30)33/h7-8,15-16H,9-14H2,1-6H3,(H,27,32,33). The number of ether oxygens (including phenoxy) is 2. The van der Waals surface area contributed by atoms with Crippen LogP contribution in [0.3, 0.4) is 0 Å². The van der Waals surface area contributed by atoms with Gasteiger partial charge in [-0.1, -0.05) is 0 Å². The highest BCUT2D eigenvalue weighted by Crippen LogP contribution is 2.34. The zero-order valence-electron chi connectivity index (χ0n) is 22.3. The summed E-state index contributed by atoms with van der Waals surface area (Å²) in [7, 11) is 0. The molecule has 2 saturated heterocycles. The van der Waals surface area contributed by atoms with Crippen molar-refractivity contribution >= 4 is 46.4 Å². The summed E-state index contributed by atoms with van der Waals surface area (Å²) in [5.74, 6) is -0.304. The molecule has 2 aliphatic heterocycles. The molecule has 11 nitrogen and oxygen atoms in total. The number of amides is 4. The van der Waals surface area contributed by atoms with E-state index >= 15 is 0 Å². The Bertz CT molecular complexity index is 1230. The predicted octanol–water partition coefficient (Wildman–Crippen LogP) is 3.93. The Hall–Kier alpha value is -3.76. The largest absolute Gasteiger partial charge is 0.444 e. The average Bonchev–Trinajstić information content (AvgIpc) is 3.16. The average molecular weight is 514 g/mol. The number of carbonyl (C=O) groups excluding carboxylic acids is 4. The fourth-order valence-corrected chi connectivity index (χ4v) is 4.35. The van der Waals surface area contributed by atoms with Crippen molar-refractivity contribution in [1.82, 2.24) is 14.8 Å². The van der Waals surface area contributed by atoms with Gasteiger partial charge in [0.1, 0.15) is 11.2 Å². The normalized spacial score (nSPS) is 17.2. The Morgan fingerprint density at radius 3 is 2.08 bits per heavy atom. The number of rotatable bonds is 2. The summed E-state index contributed by atoms with van der Waals surface area (Å²) in [6.07, 6.45) is 1.09. The van der Waals surface area contributed by atoms with Gasteiger partial charge < -0.3 is 19.3 Å². The predicted molar refractivity (Wildman–Crippen MR) is 139 cm³/mol.